The van der Waals surface area contributed by atoms with E-state index in [4.69, 9.17) is 25.9 Å². The summed E-state index contributed by atoms with van der Waals surface area (Å²) in [7, 11) is 2.63. The molecule has 0 fully saturated rings. The van der Waals surface area contributed by atoms with Gasteiger partial charge in [-0.15, -0.1) is 11.6 Å². The SMILES string of the molecule is CO/N=C(/C(=O)OC)c1ccccc1COc1cc(NC(=O)CCl)ccc1C. The van der Waals surface area contributed by atoms with Gasteiger partial charge < -0.3 is 19.6 Å². The number of alkyl halides is 1. The zero-order chi connectivity index (χ0) is 20.5. The first-order chi connectivity index (χ1) is 13.5. The lowest BCUT2D eigenvalue weighted by Gasteiger charge is -2.14. The van der Waals surface area contributed by atoms with Gasteiger partial charge in [0.2, 0.25) is 5.91 Å². The van der Waals surface area contributed by atoms with Crippen molar-refractivity contribution in [2.75, 3.05) is 25.4 Å². The number of aryl methyl sites for hydroxylation is 1. The molecule has 0 aliphatic carbocycles. The van der Waals surface area contributed by atoms with E-state index in [1.54, 1.807) is 24.3 Å². The largest absolute Gasteiger partial charge is 0.489 e. The van der Waals surface area contributed by atoms with Gasteiger partial charge in [-0.2, -0.15) is 0 Å². The second-order valence-electron chi connectivity index (χ2n) is 5.72. The quantitative estimate of drug-likeness (QED) is 0.316. The third kappa shape index (κ3) is 5.47. The van der Waals surface area contributed by atoms with Gasteiger partial charge in [-0.3, -0.25) is 4.79 Å². The van der Waals surface area contributed by atoms with E-state index >= 15 is 0 Å². The third-order valence-corrected chi connectivity index (χ3v) is 4.05. The summed E-state index contributed by atoms with van der Waals surface area (Å²) in [5, 5.41) is 6.46. The Kier molecular flexibility index (Phi) is 7.83. The van der Waals surface area contributed by atoms with Crippen LogP contribution >= 0.6 is 11.6 Å². The van der Waals surface area contributed by atoms with Crippen molar-refractivity contribution in [1.82, 2.24) is 0 Å². The highest BCUT2D eigenvalue weighted by atomic mass is 35.5. The van der Waals surface area contributed by atoms with Crippen LogP contribution in [0.5, 0.6) is 5.75 Å². The topological polar surface area (TPSA) is 86.2 Å². The number of rotatable bonds is 8. The van der Waals surface area contributed by atoms with E-state index in [1.807, 2.05) is 25.1 Å². The number of oxime groups is 1. The Morgan fingerprint density at radius 1 is 1.14 bits per heavy atom. The minimum atomic E-state index is -0.615. The summed E-state index contributed by atoms with van der Waals surface area (Å²) < 4.78 is 10.7. The van der Waals surface area contributed by atoms with Gasteiger partial charge in [-0.1, -0.05) is 35.5 Å². The first-order valence-electron chi connectivity index (χ1n) is 8.37. The molecule has 0 spiro atoms. The number of ether oxygens (including phenoxy) is 2. The summed E-state index contributed by atoms with van der Waals surface area (Å²) in [5.74, 6) is -0.464. The highest BCUT2D eigenvalue weighted by Crippen LogP contribution is 2.24. The van der Waals surface area contributed by atoms with E-state index in [-0.39, 0.29) is 24.1 Å². The van der Waals surface area contributed by atoms with Crippen LogP contribution in [0.1, 0.15) is 16.7 Å². The maximum Gasteiger partial charge on any atom is 0.360 e. The standard InChI is InChI=1S/C20H21ClN2O5/c1-13-8-9-15(22-18(24)11-21)10-17(13)28-12-14-6-4-5-7-16(14)19(23-27-3)20(25)26-2/h4-10H,11-12H2,1-3H3,(H,22,24)/b23-19+. The summed E-state index contributed by atoms with van der Waals surface area (Å²) in [6, 6.07) is 12.5. The molecule has 0 saturated carbocycles. The molecule has 0 unspecified atom stereocenters. The summed E-state index contributed by atoms with van der Waals surface area (Å²) in [4.78, 5) is 28.3. The number of hydrogen-bond donors (Lipinski definition) is 1. The molecule has 28 heavy (non-hydrogen) atoms. The molecule has 0 radical (unpaired) electrons. The number of nitrogens with one attached hydrogen (secondary N) is 1. The number of carbonyl (C=O) groups excluding carboxylic acids is 2. The molecule has 7 nitrogen and oxygen atoms in total. The summed E-state index contributed by atoms with van der Waals surface area (Å²) in [5.41, 5.74) is 2.78. The normalized spacial score (nSPS) is 10.9. The Morgan fingerprint density at radius 3 is 2.57 bits per heavy atom. The van der Waals surface area contributed by atoms with E-state index in [1.165, 1.54) is 14.2 Å². The maximum atomic E-state index is 12.0. The average Bonchev–Trinajstić information content (AvgIpc) is 2.72. The number of nitrogens with zero attached hydrogens (tertiary/aromatic N) is 1. The molecular formula is C20H21ClN2O5. The predicted octanol–water partition coefficient (Wildman–Crippen LogP) is 3.27. The van der Waals surface area contributed by atoms with Gasteiger partial charge >= 0.3 is 5.97 Å². The van der Waals surface area contributed by atoms with Crippen molar-refractivity contribution in [3.63, 3.8) is 0 Å². The number of benzene rings is 2. The monoisotopic (exact) mass is 404 g/mol. The minimum absolute atomic E-state index is 0.0454. The average molecular weight is 405 g/mol. The van der Waals surface area contributed by atoms with Crippen molar-refractivity contribution in [3.05, 3.63) is 59.2 Å². The number of amides is 1. The van der Waals surface area contributed by atoms with Crippen LogP contribution < -0.4 is 10.1 Å². The highest BCUT2D eigenvalue weighted by molar-refractivity contribution is 6.43. The first-order valence-corrected chi connectivity index (χ1v) is 8.90. The molecule has 0 saturated heterocycles. The van der Waals surface area contributed by atoms with Crippen LogP contribution in [-0.4, -0.2) is 37.7 Å². The number of anilines is 1. The minimum Gasteiger partial charge on any atom is -0.489 e. The van der Waals surface area contributed by atoms with E-state index in [9.17, 15) is 9.59 Å². The molecule has 148 valence electrons. The van der Waals surface area contributed by atoms with Crippen LogP contribution in [0.15, 0.2) is 47.6 Å². The van der Waals surface area contributed by atoms with Gasteiger partial charge in [0.1, 0.15) is 25.3 Å². The Morgan fingerprint density at radius 2 is 1.89 bits per heavy atom. The number of methoxy groups -OCH3 is 1. The van der Waals surface area contributed by atoms with Crippen LogP contribution in [0.4, 0.5) is 5.69 Å². The van der Waals surface area contributed by atoms with Crippen LogP contribution in [0.3, 0.4) is 0 Å². The van der Waals surface area contributed by atoms with Crippen molar-refractivity contribution in [2.45, 2.75) is 13.5 Å². The molecule has 0 bridgehead atoms. The van der Waals surface area contributed by atoms with Gasteiger partial charge in [0.25, 0.3) is 0 Å². The number of esters is 1. The molecule has 0 aromatic heterocycles. The van der Waals surface area contributed by atoms with Crippen LogP contribution in [0.25, 0.3) is 0 Å². The van der Waals surface area contributed by atoms with E-state index < -0.39 is 5.97 Å². The molecule has 2 aromatic rings. The van der Waals surface area contributed by atoms with E-state index in [2.05, 4.69) is 10.5 Å². The fourth-order valence-electron chi connectivity index (χ4n) is 2.44. The maximum absolute atomic E-state index is 12.0. The Balaban J connectivity index is 2.26. The molecule has 1 amide bonds. The molecule has 8 heteroatoms. The Hall–Kier alpha value is -3.06. The predicted molar refractivity (Wildman–Crippen MR) is 107 cm³/mol. The number of hydrogen-bond acceptors (Lipinski definition) is 6. The molecule has 0 aliphatic rings. The lowest BCUT2D eigenvalue weighted by Crippen LogP contribution is -2.20. The van der Waals surface area contributed by atoms with Crippen molar-refractivity contribution < 1.29 is 23.9 Å². The van der Waals surface area contributed by atoms with Crippen LogP contribution in [0.2, 0.25) is 0 Å². The van der Waals surface area contributed by atoms with Gasteiger partial charge in [-0.25, -0.2) is 4.79 Å². The molecule has 0 atom stereocenters. The van der Waals surface area contributed by atoms with Crippen LogP contribution in [0, 0.1) is 6.92 Å². The lowest BCUT2D eigenvalue weighted by molar-refractivity contribution is -0.132. The van der Waals surface area contributed by atoms with Crippen molar-refractivity contribution in [3.8, 4) is 5.75 Å². The summed E-state index contributed by atoms with van der Waals surface area (Å²) >= 11 is 5.52. The Labute approximate surface area is 168 Å². The molecule has 0 aliphatic heterocycles. The molecule has 2 rings (SSSR count). The summed E-state index contributed by atoms with van der Waals surface area (Å²) in [6.45, 7) is 2.06. The molecule has 1 N–H and O–H groups in total. The molecule has 0 heterocycles. The van der Waals surface area contributed by atoms with Crippen molar-refractivity contribution in [1.29, 1.82) is 0 Å². The highest BCUT2D eigenvalue weighted by Gasteiger charge is 2.19. The van der Waals surface area contributed by atoms with Crippen molar-refractivity contribution >= 4 is 34.9 Å². The van der Waals surface area contributed by atoms with E-state index in [0.29, 0.717) is 17.0 Å². The van der Waals surface area contributed by atoms with Gasteiger partial charge in [0.15, 0.2) is 5.71 Å². The zero-order valence-corrected chi connectivity index (χ0v) is 16.6. The fourth-order valence-corrected chi connectivity index (χ4v) is 2.51. The zero-order valence-electron chi connectivity index (χ0n) is 15.8. The summed E-state index contributed by atoms with van der Waals surface area (Å²) in [6.07, 6.45) is 0. The van der Waals surface area contributed by atoms with Gasteiger partial charge in [0.05, 0.1) is 7.11 Å². The first kappa shape index (κ1) is 21.2. The molecule has 2 aromatic carbocycles. The second-order valence-corrected chi connectivity index (χ2v) is 5.99. The number of halogens is 1. The second kappa shape index (κ2) is 10.3. The van der Waals surface area contributed by atoms with Gasteiger partial charge in [-0.05, 0) is 24.1 Å². The smallest absolute Gasteiger partial charge is 0.360 e. The van der Waals surface area contributed by atoms with E-state index in [0.717, 1.165) is 11.1 Å². The van der Waals surface area contributed by atoms with Gasteiger partial charge in [0, 0.05) is 17.3 Å². The van der Waals surface area contributed by atoms with Crippen LogP contribution in [-0.2, 0) is 25.8 Å². The van der Waals surface area contributed by atoms with Crippen molar-refractivity contribution in [2.24, 2.45) is 5.16 Å². The Bertz CT molecular complexity index is 883. The fraction of sp³-hybridized carbons (Fsp3) is 0.250. The third-order valence-electron chi connectivity index (χ3n) is 3.81. The number of carbonyl (C=O) groups is 2. The lowest BCUT2D eigenvalue weighted by atomic mass is 10.0. The molecular weight excluding hydrogens is 384 g/mol.